The summed E-state index contributed by atoms with van der Waals surface area (Å²) < 4.78 is 17.2. The van der Waals surface area contributed by atoms with Crippen molar-refractivity contribution in [3.63, 3.8) is 0 Å². The van der Waals surface area contributed by atoms with Crippen LogP contribution < -0.4 is 5.11 Å². The predicted molar refractivity (Wildman–Crippen MR) is 263 cm³/mol. The van der Waals surface area contributed by atoms with E-state index in [0.717, 1.165) is 51.4 Å². The van der Waals surface area contributed by atoms with Crippen LogP contribution in [-0.4, -0.2) is 75.5 Å². The largest absolute Gasteiger partial charge is 0.544 e. The second-order valence-electron chi connectivity index (χ2n) is 18.2. The highest BCUT2D eigenvalue weighted by atomic mass is 16.6. The van der Waals surface area contributed by atoms with Gasteiger partial charge in [0.15, 0.2) is 6.10 Å². The van der Waals surface area contributed by atoms with Gasteiger partial charge < -0.3 is 28.6 Å². The van der Waals surface area contributed by atoms with Crippen molar-refractivity contribution in [2.45, 2.75) is 219 Å². The van der Waals surface area contributed by atoms with E-state index < -0.39 is 18.1 Å². The van der Waals surface area contributed by atoms with E-state index in [1.807, 2.05) is 60.8 Å². The number of likely N-dealkylation sites (N-methyl/N-ethyl adjacent to an activating group) is 1. The van der Waals surface area contributed by atoms with Crippen LogP contribution in [0.5, 0.6) is 0 Å². The first-order valence-corrected chi connectivity index (χ1v) is 25.5. The zero-order valence-corrected chi connectivity index (χ0v) is 41.2. The summed E-state index contributed by atoms with van der Waals surface area (Å²) in [5, 5.41) is 11.7. The highest BCUT2D eigenvalue weighted by Gasteiger charge is 2.25. The molecule has 0 saturated carbocycles. The van der Waals surface area contributed by atoms with Crippen molar-refractivity contribution >= 4 is 17.9 Å². The maximum atomic E-state index is 12.8. The monoisotopic (exact) mass is 882 g/mol. The van der Waals surface area contributed by atoms with E-state index in [2.05, 4.69) is 26.0 Å². The van der Waals surface area contributed by atoms with Gasteiger partial charge in [-0.25, -0.2) is 0 Å². The topological polar surface area (TPSA) is 102 Å². The van der Waals surface area contributed by atoms with E-state index in [0.29, 0.717) is 12.8 Å². The summed E-state index contributed by atoms with van der Waals surface area (Å²) in [6.45, 7) is 4.49. The van der Waals surface area contributed by atoms with E-state index >= 15 is 0 Å². The molecule has 0 radical (unpaired) electrons. The summed E-state index contributed by atoms with van der Waals surface area (Å²) >= 11 is 0. The Morgan fingerprint density at radius 3 is 1.32 bits per heavy atom. The molecule has 0 saturated heterocycles. The molecule has 2 atom stereocenters. The van der Waals surface area contributed by atoms with Gasteiger partial charge in [0.2, 0.25) is 0 Å². The second-order valence-corrected chi connectivity index (χ2v) is 18.2. The Balaban J connectivity index is 4.29. The molecule has 0 rings (SSSR count). The molecule has 8 heteroatoms. The molecular formula is C55H95NO7. The molecule has 0 fully saturated rings. The summed E-state index contributed by atoms with van der Waals surface area (Å²) in [7, 11) is 5.40. The number of ether oxygens (including phenoxy) is 3. The van der Waals surface area contributed by atoms with Crippen molar-refractivity contribution in [1.29, 1.82) is 0 Å². The van der Waals surface area contributed by atoms with Crippen molar-refractivity contribution < 1.29 is 38.2 Å². The lowest BCUT2D eigenvalue weighted by Gasteiger charge is -2.34. The van der Waals surface area contributed by atoms with E-state index in [4.69, 9.17) is 14.2 Å². The van der Waals surface area contributed by atoms with Crippen LogP contribution in [0, 0.1) is 0 Å². The maximum Gasteiger partial charge on any atom is 0.306 e. The van der Waals surface area contributed by atoms with Crippen molar-refractivity contribution in [1.82, 2.24) is 0 Å². The smallest absolute Gasteiger partial charge is 0.306 e. The first kappa shape index (κ1) is 59.8. The minimum atomic E-state index is -1.13. The average Bonchev–Trinajstić information content (AvgIpc) is 3.24. The highest BCUT2D eigenvalue weighted by Crippen LogP contribution is 2.16. The Morgan fingerprint density at radius 1 is 0.492 bits per heavy atom. The zero-order chi connectivity index (χ0) is 46.3. The molecule has 0 heterocycles. The second kappa shape index (κ2) is 45.3. The number of carboxylic acid groups (broad SMARTS) is 1. The quantitative estimate of drug-likeness (QED) is 0.0260. The van der Waals surface area contributed by atoms with Crippen molar-refractivity contribution in [2.24, 2.45) is 0 Å². The lowest BCUT2D eigenvalue weighted by atomic mass is 10.0. The number of aliphatic carboxylic acids is 1. The van der Waals surface area contributed by atoms with Gasteiger partial charge in [-0.1, -0.05) is 228 Å². The highest BCUT2D eigenvalue weighted by molar-refractivity contribution is 5.70. The number of unbranched alkanes of at least 4 members (excludes halogenated alkanes) is 24. The summed E-state index contributed by atoms with van der Waals surface area (Å²) in [4.78, 5) is 37.0. The molecule has 0 spiro atoms. The molecule has 0 aromatic rings. The molecule has 0 N–H and O–H groups in total. The molecular weight excluding hydrogens is 787 g/mol. The van der Waals surface area contributed by atoms with E-state index in [-0.39, 0.29) is 42.7 Å². The number of quaternary nitrogens is 1. The average molecular weight is 882 g/mol. The van der Waals surface area contributed by atoms with Crippen LogP contribution in [0.2, 0.25) is 0 Å². The number of hydrogen-bond donors (Lipinski definition) is 0. The van der Waals surface area contributed by atoms with Crippen LogP contribution in [0.1, 0.15) is 206 Å². The lowest BCUT2D eigenvalue weighted by Crippen LogP contribution is -2.55. The van der Waals surface area contributed by atoms with Gasteiger partial charge in [0.05, 0.1) is 40.3 Å². The minimum Gasteiger partial charge on any atom is -0.544 e. The third-order valence-corrected chi connectivity index (χ3v) is 11.3. The Kier molecular flexibility index (Phi) is 43.0. The molecule has 63 heavy (non-hydrogen) atoms. The SMILES string of the molecule is CC/C=C/C=C/C=C/C=C/C=C/C=C/CCCCCC(=O)OCC(COCCC(C(=O)[O-])[N+](C)(C)C)OC(=O)CCCCCCCCCCCCCCCCCCCCCCCC. The zero-order valence-electron chi connectivity index (χ0n) is 41.2. The summed E-state index contributed by atoms with van der Waals surface area (Å²) in [5.41, 5.74) is 0. The number of allylic oxidation sites excluding steroid dienone is 12. The molecule has 0 bridgehead atoms. The fraction of sp³-hybridized carbons (Fsp3) is 0.727. The number of rotatable bonds is 45. The molecule has 2 unspecified atom stereocenters. The molecule has 0 aliphatic rings. The minimum absolute atomic E-state index is 0.0246. The van der Waals surface area contributed by atoms with Gasteiger partial charge in [0, 0.05) is 19.3 Å². The molecule has 0 amide bonds. The molecule has 362 valence electrons. The third-order valence-electron chi connectivity index (χ3n) is 11.3. The molecule has 0 aromatic heterocycles. The van der Waals surface area contributed by atoms with Crippen molar-refractivity contribution in [3.05, 3.63) is 72.9 Å². The van der Waals surface area contributed by atoms with Gasteiger partial charge in [-0.05, 0) is 32.1 Å². The summed E-state index contributed by atoms with van der Waals surface area (Å²) in [6, 6.07) is -0.736. The van der Waals surface area contributed by atoms with Crippen LogP contribution in [0.3, 0.4) is 0 Å². The van der Waals surface area contributed by atoms with E-state index in [1.165, 1.54) is 122 Å². The van der Waals surface area contributed by atoms with Crippen molar-refractivity contribution in [3.8, 4) is 0 Å². The van der Waals surface area contributed by atoms with Gasteiger partial charge in [-0.2, -0.15) is 0 Å². The number of esters is 2. The number of hydrogen-bond acceptors (Lipinski definition) is 7. The van der Waals surface area contributed by atoms with Crippen LogP contribution in [-0.2, 0) is 28.6 Å². The van der Waals surface area contributed by atoms with Crippen LogP contribution in [0.15, 0.2) is 72.9 Å². The number of carbonyl (C=O) groups is 3. The van der Waals surface area contributed by atoms with Gasteiger partial charge in [0.25, 0.3) is 0 Å². The van der Waals surface area contributed by atoms with Crippen molar-refractivity contribution in [2.75, 3.05) is 41.0 Å². The first-order valence-electron chi connectivity index (χ1n) is 25.5. The Labute approximate surface area is 387 Å². The molecule has 0 aliphatic carbocycles. The first-order chi connectivity index (χ1) is 30.6. The van der Waals surface area contributed by atoms with E-state index in [1.54, 1.807) is 21.1 Å². The lowest BCUT2D eigenvalue weighted by molar-refractivity contribution is -0.889. The fourth-order valence-corrected chi connectivity index (χ4v) is 7.34. The number of carbonyl (C=O) groups excluding carboxylic acids is 3. The molecule has 0 aliphatic heterocycles. The maximum absolute atomic E-state index is 12.8. The Hall–Kier alpha value is -3.23. The number of nitrogens with zero attached hydrogens (tertiary/aromatic N) is 1. The number of carboxylic acids is 1. The standard InChI is InChI=1S/C55H95NO7/c1-6-8-10-12-14-16-18-20-22-24-25-26-27-28-30-32-34-36-38-40-42-44-46-54(58)63-51(49-61-48-47-52(55(59)60)56(3,4)5)50-62-53(57)45-43-41-39-37-35-33-31-29-23-21-19-17-15-13-11-9-7-2/h9,11,13,15,17,19,21,23,29,31,33,35,51-52H,6-8,10,12,14,16,18,20,22,24-28,30,32,34,36-50H2,1-5H3/b11-9+,15-13+,19-17+,23-21+,31-29+,35-33+. The Morgan fingerprint density at radius 2 is 0.889 bits per heavy atom. The fourth-order valence-electron chi connectivity index (χ4n) is 7.34. The van der Waals surface area contributed by atoms with Crippen LogP contribution in [0.4, 0.5) is 0 Å². The normalized spacial score (nSPS) is 13.5. The Bertz CT molecular complexity index is 1260. The summed E-state index contributed by atoms with van der Waals surface area (Å²) in [5.74, 6) is -1.79. The van der Waals surface area contributed by atoms with Gasteiger partial charge in [-0.3, -0.25) is 9.59 Å². The van der Waals surface area contributed by atoms with E-state index in [9.17, 15) is 19.5 Å². The molecule has 0 aromatic carbocycles. The van der Waals surface area contributed by atoms with Crippen LogP contribution in [0.25, 0.3) is 0 Å². The third kappa shape index (κ3) is 43.8. The predicted octanol–water partition coefficient (Wildman–Crippen LogP) is 13.4. The van der Waals surface area contributed by atoms with Gasteiger partial charge >= 0.3 is 11.9 Å². The van der Waals surface area contributed by atoms with Crippen LogP contribution >= 0.6 is 0 Å². The van der Waals surface area contributed by atoms with Gasteiger partial charge in [0.1, 0.15) is 12.6 Å². The molecule has 8 nitrogen and oxygen atoms in total. The van der Waals surface area contributed by atoms with Gasteiger partial charge in [-0.15, -0.1) is 0 Å². The summed E-state index contributed by atoms with van der Waals surface area (Å²) in [6.07, 6.45) is 57.9.